The van der Waals surface area contributed by atoms with Crippen LogP contribution in [0.4, 0.5) is 18.9 Å². The second-order valence-corrected chi connectivity index (χ2v) is 5.04. The van der Waals surface area contributed by atoms with Gasteiger partial charge in [-0.1, -0.05) is 23.2 Å². The highest BCUT2D eigenvalue weighted by atomic mass is 35.5. The number of halogens is 5. The Balaban J connectivity index is 2.30. The zero-order valence-corrected chi connectivity index (χ0v) is 11.9. The van der Waals surface area contributed by atoms with Crippen LogP contribution in [0, 0.1) is 17.5 Å². The first-order valence-electron chi connectivity index (χ1n) is 5.75. The van der Waals surface area contributed by atoms with E-state index >= 15 is 0 Å². The molecule has 0 aliphatic rings. The van der Waals surface area contributed by atoms with Crippen molar-refractivity contribution in [1.82, 2.24) is 0 Å². The topological polar surface area (TPSA) is 12.0 Å². The van der Waals surface area contributed by atoms with Gasteiger partial charge in [0.15, 0.2) is 11.6 Å². The third kappa shape index (κ3) is 3.02. The minimum Gasteiger partial charge on any atom is -0.378 e. The van der Waals surface area contributed by atoms with Crippen molar-refractivity contribution in [3.63, 3.8) is 0 Å². The Hall–Kier alpha value is -1.39. The van der Waals surface area contributed by atoms with E-state index in [1.54, 1.807) is 6.92 Å². The number of hydrogen-bond acceptors (Lipinski definition) is 1. The molecule has 0 fully saturated rings. The summed E-state index contributed by atoms with van der Waals surface area (Å²) < 4.78 is 39.4. The maximum Gasteiger partial charge on any atom is 0.160 e. The molecule has 0 radical (unpaired) electrons. The first kappa shape index (κ1) is 15.0. The summed E-state index contributed by atoms with van der Waals surface area (Å²) in [5.41, 5.74) is 0.700. The summed E-state index contributed by atoms with van der Waals surface area (Å²) in [4.78, 5) is 0. The molecule has 0 heterocycles. The number of nitrogens with one attached hydrogen (secondary N) is 1. The minimum atomic E-state index is -0.973. The van der Waals surface area contributed by atoms with E-state index in [4.69, 9.17) is 23.2 Å². The molecule has 2 aromatic rings. The first-order valence-corrected chi connectivity index (χ1v) is 6.50. The molecule has 1 N–H and O–H groups in total. The van der Waals surface area contributed by atoms with Gasteiger partial charge < -0.3 is 5.32 Å². The second kappa shape index (κ2) is 5.94. The number of rotatable bonds is 3. The van der Waals surface area contributed by atoms with Crippen LogP contribution >= 0.6 is 23.2 Å². The van der Waals surface area contributed by atoms with Gasteiger partial charge in [0.1, 0.15) is 5.82 Å². The van der Waals surface area contributed by atoms with E-state index in [1.807, 2.05) is 0 Å². The molecule has 0 aliphatic heterocycles. The summed E-state index contributed by atoms with van der Waals surface area (Å²) in [5.74, 6) is -2.51. The minimum absolute atomic E-state index is 0.0971. The van der Waals surface area contributed by atoms with Gasteiger partial charge in [0.2, 0.25) is 0 Å². The van der Waals surface area contributed by atoms with Crippen molar-refractivity contribution in [1.29, 1.82) is 0 Å². The van der Waals surface area contributed by atoms with Crippen LogP contribution in [0.2, 0.25) is 10.0 Å². The molecule has 1 unspecified atom stereocenters. The third-order valence-electron chi connectivity index (χ3n) is 2.82. The van der Waals surface area contributed by atoms with E-state index in [2.05, 4.69) is 5.32 Å². The molecule has 2 rings (SSSR count). The monoisotopic (exact) mass is 319 g/mol. The van der Waals surface area contributed by atoms with E-state index < -0.39 is 23.5 Å². The quantitative estimate of drug-likeness (QED) is 0.728. The second-order valence-electron chi connectivity index (χ2n) is 4.25. The molecule has 0 spiro atoms. The van der Waals surface area contributed by atoms with Gasteiger partial charge >= 0.3 is 0 Å². The fourth-order valence-electron chi connectivity index (χ4n) is 1.85. The lowest BCUT2D eigenvalue weighted by molar-refractivity contribution is 0.509. The Labute approximate surface area is 124 Å². The highest BCUT2D eigenvalue weighted by Gasteiger charge is 2.17. The van der Waals surface area contributed by atoms with Gasteiger partial charge in [-0.05, 0) is 31.2 Å². The van der Waals surface area contributed by atoms with Crippen LogP contribution in [-0.2, 0) is 0 Å². The molecule has 0 amide bonds. The molecule has 0 saturated heterocycles. The Bertz CT molecular complexity index is 647. The van der Waals surface area contributed by atoms with Gasteiger partial charge in [-0.15, -0.1) is 0 Å². The van der Waals surface area contributed by atoms with Crippen LogP contribution in [0.5, 0.6) is 0 Å². The molecule has 1 atom stereocenters. The van der Waals surface area contributed by atoms with E-state index in [9.17, 15) is 13.2 Å². The van der Waals surface area contributed by atoms with Crippen LogP contribution < -0.4 is 5.32 Å². The van der Waals surface area contributed by atoms with Crippen molar-refractivity contribution in [3.05, 3.63) is 63.4 Å². The fraction of sp³-hybridized carbons (Fsp3) is 0.143. The summed E-state index contributed by atoms with van der Waals surface area (Å²) in [6, 6.07) is 5.46. The van der Waals surface area contributed by atoms with E-state index in [-0.39, 0.29) is 5.02 Å². The fourth-order valence-corrected chi connectivity index (χ4v) is 2.55. The van der Waals surface area contributed by atoms with E-state index in [0.717, 1.165) is 12.1 Å². The average molecular weight is 320 g/mol. The normalized spacial score (nSPS) is 12.3. The van der Waals surface area contributed by atoms with Crippen LogP contribution in [-0.4, -0.2) is 0 Å². The molecule has 0 saturated carbocycles. The Morgan fingerprint density at radius 1 is 0.950 bits per heavy atom. The lowest BCUT2D eigenvalue weighted by Crippen LogP contribution is -2.09. The maximum atomic E-state index is 13.4. The van der Waals surface area contributed by atoms with Crippen LogP contribution in [0.1, 0.15) is 18.5 Å². The molecule has 2 aromatic carbocycles. The van der Waals surface area contributed by atoms with E-state index in [0.29, 0.717) is 16.3 Å². The van der Waals surface area contributed by atoms with Crippen molar-refractivity contribution in [2.24, 2.45) is 0 Å². The Kier molecular flexibility index (Phi) is 4.45. The Morgan fingerprint density at radius 2 is 1.60 bits per heavy atom. The summed E-state index contributed by atoms with van der Waals surface area (Å²) in [6.07, 6.45) is 0. The molecule has 1 nitrogen and oxygen atoms in total. The molecule has 0 aliphatic carbocycles. The lowest BCUT2D eigenvalue weighted by atomic mass is 10.1. The van der Waals surface area contributed by atoms with Gasteiger partial charge in [0.25, 0.3) is 0 Å². The number of benzene rings is 2. The van der Waals surface area contributed by atoms with Gasteiger partial charge in [0, 0.05) is 22.3 Å². The van der Waals surface area contributed by atoms with E-state index in [1.165, 1.54) is 18.2 Å². The SMILES string of the molecule is CC(Nc1ccc(F)c(F)c1)c1c(Cl)ccc(F)c1Cl. The Morgan fingerprint density at radius 3 is 2.25 bits per heavy atom. The maximum absolute atomic E-state index is 13.4. The largest absolute Gasteiger partial charge is 0.378 e. The van der Waals surface area contributed by atoms with Gasteiger partial charge in [0.05, 0.1) is 11.1 Å². The zero-order chi connectivity index (χ0) is 14.9. The predicted octanol–water partition coefficient (Wildman–Crippen LogP) is 5.58. The average Bonchev–Trinajstić information content (AvgIpc) is 2.39. The van der Waals surface area contributed by atoms with Gasteiger partial charge in [-0.3, -0.25) is 0 Å². The number of hydrogen-bond donors (Lipinski definition) is 1. The molecular formula is C14H10Cl2F3N. The zero-order valence-electron chi connectivity index (χ0n) is 10.4. The van der Waals surface area contributed by atoms with Crippen LogP contribution in [0.25, 0.3) is 0 Å². The third-order valence-corrected chi connectivity index (χ3v) is 3.53. The highest BCUT2D eigenvalue weighted by molar-refractivity contribution is 6.36. The molecule has 106 valence electrons. The molecule has 20 heavy (non-hydrogen) atoms. The first-order chi connectivity index (χ1) is 9.40. The van der Waals surface area contributed by atoms with Crippen molar-refractivity contribution >= 4 is 28.9 Å². The molecule has 0 bridgehead atoms. The van der Waals surface area contributed by atoms with Crippen molar-refractivity contribution in [2.75, 3.05) is 5.32 Å². The number of anilines is 1. The highest BCUT2D eigenvalue weighted by Crippen LogP contribution is 2.34. The predicted molar refractivity (Wildman–Crippen MR) is 74.8 cm³/mol. The summed E-state index contributed by atoms with van der Waals surface area (Å²) in [5, 5.41) is 3.09. The summed E-state index contributed by atoms with van der Waals surface area (Å²) in [7, 11) is 0. The van der Waals surface area contributed by atoms with Gasteiger partial charge in [-0.25, -0.2) is 13.2 Å². The van der Waals surface area contributed by atoms with Crippen molar-refractivity contribution < 1.29 is 13.2 Å². The molecule has 6 heteroatoms. The summed E-state index contributed by atoms with van der Waals surface area (Å²) in [6.45, 7) is 1.69. The van der Waals surface area contributed by atoms with Crippen LogP contribution in [0.3, 0.4) is 0 Å². The van der Waals surface area contributed by atoms with Crippen molar-refractivity contribution in [3.8, 4) is 0 Å². The summed E-state index contributed by atoms with van der Waals surface area (Å²) >= 11 is 11.9. The standard InChI is InChI=1S/C14H10Cl2F3N/c1-7(13-9(15)3-5-11(18)14(13)16)20-8-2-4-10(17)12(19)6-8/h2-7,20H,1H3. The van der Waals surface area contributed by atoms with Gasteiger partial charge in [-0.2, -0.15) is 0 Å². The molecular weight excluding hydrogens is 310 g/mol. The smallest absolute Gasteiger partial charge is 0.160 e. The van der Waals surface area contributed by atoms with Crippen molar-refractivity contribution in [2.45, 2.75) is 13.0 Å². The van der Waals surface area contributed by atoms with Crippen LogP contribution in [0.15, 0.2) is 30.3 Å². The molecule has 0 aromatic heterocycles. The lowest BCUT2D eigenvalue weighted by Gasteiger charge is -2.18.